The number of nitrogens with one attached hydrogen (secondary N) is 1. The SMILES string of the molecule is CN(c1ccccc1NS(=O)(=O)c1ccc(S(=O)(=O)N(C)C)cc1)C1CCN(C(=O)Oc2ccccc2)C1. The number of likely N-dealkylation sites (tertiary alicyclic amines) is 1. The molecule has 1 saturated heterocycles. The third kappa shape index (κ3) is 5.93. The molecule has 1 atom stereocenters. The lowest BCUT2D eigenvalue weighted by Crippen LogP contribution is -2.38. The molecule has 1 heterocycles. The second-order valence-electron chi connectivity index (χ2n) is 9.06. The molecule has 3 aromatic rings. The minimum atomic E-state index is -4.00. The zero-order chi connectivity index (χ0) is 27.5. The van der Waals surface area contributed by atoms with Crippen LogP contribution < -0.4 is 14.4 Å². The number of amides is 1. The van der Waals surface area contributed by atoms with Crippen LogP contribution in [0.3, 0.4) is 0 Å². The van der Waals surface area contributed by atoms with Gasteiger partial charge in [-0.2, -0.15) is 0 Å². The minimum absolute atomic E-state index is 0.00170. The molecule has 0 aromatic heterocycles. The molecule has 0 bridgehead atoms. The summed E-state index contributed by atoms with van der Waals surface area (Å²) in [6, 6.07) is 20.9. The van der Waals surface area contributed by atoms with Crippen molar-refractivity contribution in [3.63, 3.8) is 0 Å². The summed E-state index contributed by atoms with van der Waals surface area (Å²) in [6.07, 6.45) is 0.254. The number of anilines is 2. The summed E-state index contributed by atoms with van der Waals surface area (Å²) in [7, 11) is -3.02. The normalized spacial score (nSPS) is 15.9. The molecule has 38 heavy (non-hydrogen) atoms. The smallest absolute Gasteiger partial charge is 0.410 e. The number of carbonyl (C=O) groups is 1. The van der Waals surface area contributed by atoms with E-state index in [1.807, 2.05) is 18.0 Å². The van der Waals surface area contributed by atoms with E-state index in [0.717, 1.165) is 4.31 Å². The number of benzene rings is 3. The molecule has 202 valence electrons. The molecule has 1 unspecified atom stereocenters. The van der Waals surface area contributed by atoms with Gasteiger partial charge in [-0.3, -0.25) is 4.72 Å². The summed E-state index contributed by atoms with van der Waals surface area (Å²) >= 11 is 0. The van der Waals surface area contributed by atoms with Gasteiger partial charge in [0.15, 0.2) is 0 Å². The van der Waals surface area contributed by atoms with Gasteiger partial charge in [0.25, 0.3) is 10.0 Å². The van der Waals surface area contributed by atoms with E-state index in [9.17, 15) is 21.6 Å². The van der Waals surface area contributed by atoms with Crippen molar-refractivity contribution in [1.29, 1.82) is 0 Å². The third-order valence-corrected chi connectivity index (χ3v) is 9.57. The van der Waals surface area contributed by atoms with E-state index in [-0.39, 0.29) is 15.8 Å². The lowest BCUT2D eigenvalue weighted by Gasteiger charge is -2.29. The Labute approximate surface area is 223 Å². The fourth-order valence-electron chi connectivity index (χ4n) is 4.15. The Morgan fingerprint density at radius 3 is 2.13 bits per heavy atom. The first-order valence-electron chi connectivity index (χ1n) is 11.9. The first-order chi connectivity index (χ1) is 18.0. The summed E-state index contributed by atoms with van der Waals surface area (Å²) < 4.78 is 60.0. The van der Waals surface area contributed by atoms with E-state index in [4.69, 9.17) is 4.74 Å². The third-order valence-electron chi connectivity index (χ3n) is 6.36. The van der Waals surface area contributed by atoms with Crippen molar-refractivity contribution in [2.45, 2.75) is 22.3 Å². The lowest BCUT2D eigenvalue weighted by molar-refractivity contribution is 0.162. The molecule has 0 radical (unpaired) electrons. The second-order valence-corrected chi connectivity index (χ2v) is 12.9. The van der Waals surface area contributed by atoms with Crippen LogP contribution in [0.4, 0.5) is 16.2 Å². The molecule has 1 N–H and O–H groups in total. The number of rotatable bonds is 8. The molecule has 0 aliphatic carbocycles. The van der Waals surface area contributed by atoms with Crippen LogP contribution in [0, 0.1) is 0 Å². The number of carbonyl (C=O) groups excluding carboxylic acids is 1. The quantitative estimate of drug-likeness (QED) is 0.450. The Hall–Kier alpha value is -3.61. The van der Waals surface area contributed by atoms with E-state index in [2.05, 4.69) is 4.72 Å². The van der Waals surface area contributed by atoms with Crippen LogP contribution in [0.25, 0.3) is 0 Å². The summed E-state index contributed by atoms with van der Waals surface area (Å²) in [5.41, 5.74) is 1.01. The van der Waals surface area contributed by atoms with E-state index in [0.29, 0.717) is 36.6 Å². The number of ether oxygens (including phenoxy) is 1. The molecule has 3 aromatic carbocycles. The predicted octanol–water partition coefficient (Wildman–Crippen LogP) is 3.45. The maximum atomic E-state index is 13.1. The summed E-state index contributed by atoms with van der Waals surface area (Å²) in [4.78, 5) is 16.1. The number of likely N-dealkylation sites (N-methyl/N-ethyl adjacent to an activating group) is 1. The molecule has 1 aliphatic heterocycles. The number of sulfonamides is 2. The van der Waals surface area contributed by atoms with Crippen LogP contribution in [-0.2, 0) is 20.0 Å². The van der Waals surface area contributed by atoms with Crippen LogP contribution in [0.15, 0.2) is 88.7 Å². The van der Waals surface area contributed by atoms with Gasteiger partial charge < -0.3 is 14.5 Å². The monoisotopic (exact) mass is 558 g/mol. The second kappa shape index (κ2) is 11.0. The highest BCUT2D eigenvalue weighted by molar-refractivity contribution is 7.92. The fraction of sp³-hybridized carbons (Fsp3) is 0.269. The average molecular weight is 559 g/mol. The molecular weight excluding hydrogens is 528 g/mol. The van der Waals surface area contributed by atoms with Gasteiger partial charge >= 0.3 is 6.09 Å². The first kappa shape index (κ1) is 27.4. The predicted molar refractivity (Wildman–Crippen MR) is 145 cm³/mol. The van der Waals surface area contributed by atoms with Crippen molar-refractivity contribution < 1.29 is 26.4 Å². The van der Waals surface area contributed by atoms with Crippen molar-refractivity contribution in [3.8, 4) is 5.75 Å². The topological polar surface area (TPSA) is 116 Å². The summed E-state index contributed by atoms with van der Waals surface area (Å²) in [5, 5.41) is 0. The Kier molecular flexibility index (Phi) is 7.95. The average Bonchev–Trinajstić information content (AvgIpc) is 3.40. The Balaban J connectivity index is 1.47. The number of nitrogens with zero attached hydrogens (tertiary/aromatic N) is 3. The van der Waals surface area contributed by atoms with Crippen LogP contribution in [-0.4, -0.2) is 72.4 Å². The molecule has 1 amide bonds. The van der Waals surface area contributed by atoms with Gasteiger partial charge in [0, 0.05) is 40.3 Å². The van der Waals surface area contributed by atoms with Crippen LogP contribution in [0.1, 0.15) is 6.42 Å². The maximum absolute atomic E-state index is 13.1. The molecule has 1 aliphatic rings. The highest BCUT2D eigenvalue weighted by Crippen LogP contribution is 2.31. The van der Waals surface area contributed by atoms with Gasteiger partial charge in [-0.1, -0.05) is 30.3 Å². The van der Waals surface area contributed by atoms with Gasteiger partial charge in [-0.15, -0.1) is 0 Å². The molecule has 12 heteroatoms. The summed E-state index contributed by atoms with van der Waals surface area (Å²) in [5.74, 6) is 0.474. The van der Waals surface area contributed by atoms with Crippen LogP contribution >= 0.6 is 0 Å². The van der Waals surface area contributed by atoms with Crippen molar-refractivity contribution in [2.75, 3.05) is 43.9 Å². The van der Waals surface area contributed by atoms with Crippen LogP contribution in [0.2, 0.25) is 0 Å². The molecule has 0 spiro atoms. The van der Waals surface area contributed by atoms with Gasteiger partial charge in [0.2, 0.25) is 10.0 Å². The standard InChI is InChI=1S/C26H30N4O6S2/c1-28(2)38(34,35)23-15-13-22(14-16-23)37(32,33)27-24-11-7-8-12-25(24)29(3)20-17-18-30(19-20)26(31)36-21-9-5-4-6-10-21/h4-16,20,27H,17-19H2,1-3H3. The van der Waals surface area contributed by atoms with E-state index < -0.39 is 26.1 Å². The van der Waals surface area contributed by atoms with Gasteiger partial charge in [-0.05, 0) is 55.0 Å². The minimum Gasteiger partial charge on any atom is -0.410 e. The maximum Gasteiger partial charge on any atom is 0.415 e. The Morgan fingerprint density at radius 1 is 0.868 bits per heavy atom. The molecule has 1 fully saturated rings. The highest BCUT2D eigenvalue weighted by atomic mass is 32.2. The largest absolute Gasteiger partial charge is 0.415 e. The number of para-hydroxylation sites is 3. The highest BCUT2D eigenvalue weighted by Gasteiger charge is 2.31. The molecule has 10 nitrogen and oxygen atoms in total. The number of hydrogen-bond acceptors (Lipinski definition) is 7. The lowest BCUT2D eigenvalue weighted by atomic mass is 10.2. The van der Waals surface area contributed by atoms with Gasteiger partial charge in [0.05, 0.1) is 21.2 Å². The van der Waals surface area contributed by atoms with Gasteiger partial charge in [0.1, 0.15) is 5.75 Å². The van der Waals surface area contributed by atoms with Crippen molar-refractivity contribution in [2.24, 2.45) is 0 Å². The van der Waals surface area contributed by atoms with Crippen molar-refractivity contribution >= 4 is 37.5 Å². The summed E-state index contributed by atoms with van der Waals surface area (Å²) in [6.45, 7) is 0.932. The molecule has 0 saturated carbocycles. The van der Waals surface area contributed by atoms with Crippen molar-refractivity contribution in [3.05, 3.63) is 78.9 Å². The van der Waals surface area contributed by atoms with E-state index >= 15 is 0 Å². The molecule has 4 rings (SSSR count). The zero-order valence-electron chi connectivity index (χ0n) is 21.3. The zero-order valence-corrected chi connectivity index (χ0v) is 22.9. The first-order valence-corrected chi connectivity index (χ1v) is 14.8. The Morgan fingerprint density at radius 2 is 1.47 bits per heavy atom. The van der Waals surface area contributed by atoms with Crippen LogP contribution in [0.5, 0.6) is 5.75 Å². The van der Waals surface area contributed by atoms with Crippen molar-refractivity contribution in [1.82, 2.24) is 9.21 Å². The molecular formula is C26H30N4O6S2. The van der Waals surface area contributed by atoms with Gasteiger partial charge in [-0.25, -0.2) is 25.9 Å². The Bertz CT molecular complexity index is 1490. The fourth-order valence-corrected chi connectivity index (χ4v) is 6.12. The van der Waals surface area contributed by atoms with E-state index in [1.165, 1.54) is 38.4 Å². The number of hydrogen-bond donors (Lipinski definition) is 1. The van der Waals surface area contributed by atoms with E-state index in [1.54, 1.807) is 53.4 Å².